The van der Waals surface area contributed by atoms with E-state index in [2.05, 4.69) is 65.2 Å². The van der Waals surface area contributed by atoms with Crippen molar-refractivity contribution in [2.24, 2.45) is 5.41 Å². The van der Waals surface area contributed by atoms with Crippen LogP contribution in [-0.2, 0) is 5.54 Å². The number of nitriles is 2. The van der Waals surface area contributed by atoms with Crippen molar-refractivity contribution in [3.05, 3.63) is 54.1 Å². The zero-order chi connectivity index (χ0) is 25.4. The maximum absolute atomic E-state index is 13.9. The van der Waals surface area contributed by atoms with Gasteiger partial charge in [-0.2, -0.15) is 10.5 Å². The molecule has 0 atom stereocenters. The Bertz CT molecular complexity index is 1190. The first-order chi connectivity index (χ1) is 17.4. The van der Waals surface area contributed by atoms with Crippen molar-refractivity contribution in [2.75, 3.05) is 31.6 Å². The summed E-state index contributed by atoms with van der Waals surface area (Å²) in [5.41, 5.74) is 1.05. The van der Waals surface area contributed by atoms with Gasteiger partial charge in [0.25, 0.3) is 0 Å². The van der Waals surface area contributed by atoms with Crippen LogP contribution in [0.1, 0.15) is 63.3 Å². The second kappa shape index (κ2) is 9.19. The van der Waals surface area contributed by atoms with Gasteiger partial charge in [-0.25, -0.2) is 14.8 Å². The highest BCUT2D eigenvalue weighted by Gasteiger charge is 2.57. The number of amides is 2. The topological polar surface area (TPSA) is 100 Å². The summed E-state index contributed by atoms with van der Waals surface area (Å²) in [7, 11) is 2.20. The highest BCUT2D eigenvalue weighted by molar-refractivity contribution is 5.95. The molecule has 3 fully saturated rings. The fraction of sp³-hybridized carbons (Fsp3) is 0.536. The van der Waals surface area contributed by atoms with Gasteiger partial charge in [0.2, 0.25) is 5.82 Å². The average Bonchev–Trinajstić information content (AvgIpc) is 3.17. The Morgan fingerprint density at radius 2 is 1.69 bits per heavy atom. The lowest BCUT2D eigenvalue weighted by molar-refractivity contribution is 0.000798. The van der Waals surface area contributed by atoms with E-state index in [9.17, 15) is 10.1 Å². The number of aromatic nitrogens is 2. The van der Waals surface area contributed by atoms with E-state index in [0.29, 0.717) is 18.8 Å². The van der Waals surface area contributed by atoms with E-state index in [-0.39, 0.29) is 22.9 Å². The van der Waals surface area contributed by atoms with Gasteiger partial charge in [0, 0.05) is 12.1 Å². The average molecular weight is 484 g/mol. The fourth-order valence-electron chi connectivity index (χ4n) is 6.46. The molecule has 3 aliphatic rings. The normalized spacial score (nSPS) is 27.1. The Morgan fingerprint density at radius 3 is 2.22 bits per heavy atom. The van der Waals surface area contributed by atoms with Gasteiger partial charge < -0.3 is 4.90 Å². The zero-order valence-corrected chi connectivity index (χ0v) is 21.2. The molecule has 8 heteroatoms. The Kier molecular flexibility index (Phi) is 6.18. The fourth-order valence-corrected chi connectivity index (χ4v) is 6.46. The summed E-state index contributed by atoms with van der Waals surface area (Å²) >= 11 is 0. The first-order valence-electron chi connectivity index (χ1n) is 12.9. The van der Waals surface area contributed by atoms with E-state index in [0.717, 1.165) is 51.5 Å². The number of hydrogen-bond acceptors (Lipinski definition) is 6. The molecule has 1 aliphatic heterocycles. The first kappa shape index (κ1) is 24.2. The van der Waals surface area contributed by atoms with E-state index < -0.39 is 5.41 Å². The van der Waals surface area contributed by atoms with Gasteiger partial charge in [-0.3, -0.25) is 9.80 Å². The van der Waals surface area contributed by atoms with E-state index in [4.69, 9.17) is 5.26 Å². The van der Waals surface area contributed by atoms with E-state index in [1.54, 1.807) is 17.3 Å². The van der Waals surface area contributed by atoms with Crippen LogP contribution in [0.5, 0.6) is 0 Å². The second-order valence-electron chi connectivity index (χ2n) is 10.7. The number of anilines is 1. The third-order valence-electron chi connectivity index (χ3n) is 9.07. The van der Waals surface area contributed by atoms with E-state index >= 15 is 0 Å². The molecule has 1 spiro atoms. The molecule has 0 radical (unpaired) electrons. The van der Waals surface area contributed by atoms with Crippen LogP contribution in [0.25, 0.3) is 0 Å². The maximum atomic E-state index is 13.9. The van der Waals surface area contributed by atoms with E-state index in [1.807, 2.05) is 11.0 Å². The molecule has 36 heavy (non-hydrogen) atoms. The summed E-state index contributed by atoms with van der Waals surface area (Å²) in [6, 6.07) is 15.1. The molecule has 1 saturated heterocycles. The van der Waals surface area contributed by atoms with Crippen LogP contribution >= 0.6 is 0 Å². The maximum Gasteiger partial charge on any atom is 0.325 e. The first-order valence-corrected chi connectivity index (χ1v) is 12.9. The van der Waals surface area contributed by atoms with Crippen molar-refractivity contribution in [3.8, 4) is 12.1 Å². The lowest BCUT2D eigenvalue weighted by atomic mass is 9.66. The number of urea groups is 1. The Labute approximate surface area is 213 Å². The molecule has 2 amide bonds. The molecule has 2 saturated carbocycles. The monoisotopic (exact) mass is 483 g/mol. The summed E-state index contributed by atoms with van der Waals surface area (Å²) in [6.07, 6.45) is 9.42. The number of carbonyl (C=O) groups excluding carboxylic acids is 1. The standard InChI is InChI=1S/C28H33N7O/c1-3-33(2)28(22-8-5-4-6-9-22)14-12-27(13-15-28)21-34(23-17-31-24(16-29)32-18-23)25(36)35(27)20-26(19-30)10-7-11-26/h4-6,8-9,17-18H,3,7,10-15,20-21H2,1-2H3. The van der Waals surface area contributed by atoms with Crippen LogP contribution < -0.4 is 4.90 Å². The summed E-state index contributed by atoms with van der Waals surface area (Å²) < 4.78 is 0. The molecule has 1 aromatic heterocycles. The predicted octanol–water partition coefficient (Wildman–Crippen LogP) is 4.44. The minimum absolute atomic E-state index is 0.0790. The Balaban J connectivity index is 1.49. The minimum atomic E-state index is -0.450. The summed E-state index contributed by atoms with van der Waals surface area (Å²) in [5, 5.41) is 19.1. The van der Waals surface area contributed by atoms with Crippen molar-refractivity contribution in [3.63, 3.8) is 0 Å². The SMILES string of the molecule is CCN(C)C1(c2ccccc2)CCC2(CC1)CN(c1cnc(C#N)nc1)C(=O)N2CC1(C#N)CCC1. The lowest BCUT2D eigenvalue weighted by Gasteiger charge is -2.53. The summed E-state index contributed by atoms with van der Waals surface area (Å²) in [6.45, 7) is 4.15. The molecule has 2 aliphatic carbocycles. The van der Waals surface area contributed by atoms with Crippen LogP contribution in [0.4, 0.5) is 10.5 Å². The van der Waals surface area contributed by atoms with Crippen molar-refractivity contribution in [1.82, 2.24) is 19.8 Å². The number of hydrogen-bond donors (Lipinski definition) is 0. The van der Waals surface area contributed by atoms with Gasteiger partial charge in [0.05, 0.1) is 41.6 Å². The molecule has 1 aromatic carbocycles. The summed E-state index contributed by atoms with van der Waals surface area (Å²) in [4.78, 5) is 28.3. The molecule has 8 nitrogen and oxygen atoms in total. The van der Waals surface area contributed by atoms with Gasteiger partial charge in [0.1, 0.15) is 6.07 Å². The number of nitrogens with zero attached hydrogens (tertiary/aromatic N) is 7. The molecular formula is C28H33N7O. The second-order valence-corrected chi connectivity index (χ2v) is 10.7. The van der Waals surface area contributed by atoms with Crippen molar-refractivity contribution in [1.29, 1.82) is 10.5 Å². The predicted molar refractivity (Wildman–Crippen MR) is 136 cm³/mol. The molecule has 5 rings (SSSR count). The molecular weight excluding hydrogens is 450 g/mol. The highest BCUT2D eigenvalue weighted by Crippen LogP contribution is 2.52. The molecule has 186 valence electrons. The molecule has 2 heterocycles. The Morgan fingerprint density at radius 1 is 1.03 bits per heavy atom. The van der Waals surface area contributed by atoms with Gasteiger partial charge >= 0.3 is 6.03 Å². The number of rotatable bonds is 6. The third-order valence-corrected chi connectivity index (χ3v) is 9.07. The molecule has 2 aromatic rings. The lowest BCUT2D eigenvalue weighted by Crippen LogP contribution is -2.58. The van der Waals surface area contributed by atoms with Crippen LogP contribution in [0.2, 0.25) is 0 Å². The van der Waals surface area contributed by atoms with Gasteiger partial charge in [0.15, 0.2) is 0 Å². The highest BCUT2D eigenvalue weighted by atomic mass is 16.2. The quantitative estimate of drug-likeness (QED) is 0.602. The molecule has 0 unspecified atom stereocenters. The smallest absolute Gasteiger partial charge is 0.315 e. The number of benzene rings is 1. The zero-order valence-electron chi connectivity index (χ0n) is 21.2. The Hall–Kier alpha value is -3.49. The molecule has 0 bridgehead atoms. The van der Waals surface area contributed by atoms with Gasteiger partial charge in [-0.15, -0.1) is 0 Å². The van der Waals surface area contributed by atoms with Crippen LogP contribution in [0.15, 0.2) is 42.7 Å². The van der Waals surface area contributed by atoms with Crippen LogP contribution in [0.3, 0.4) is 0 Å². The van der Waals surface area contributed by atoms with Crippen LogP contribution in [0, 0.1) is 28.1 Å². The largest absolute Gasteiger partial charge is 0.325 e. The minimum Gasteiger partial charge on any atom is -0.315 e. The van der Waals surface area contributed by atoms with E-state index in [1.165, 1.54) is 5.56 Å². The number of carbonyl (C=O) groups is 1. The van der Waals surface area contributed by atoms with Crippen molar-refractivity contribution >= 4 is 11.7 Å². The summed E-state index contributed by atoms with van der Waals surface area (Å²) in [5.74, 6) is 0.0859. The third kappa shape index (κ3) is 3.81. The van der Waals surface area contributed by atoms with Crippen molar-refractivity contribution in [2.45, 2.75) is 62.9 Å². The molecule has 0 N–H and O–H groups in total. The van der Waals surface area contributed by atoms with Crippen LogP contribution in [-0.4, -0.2) is 58.0 Å². The van der Waals surface area contributed by atoms with Crippen molar-refractivity contribution < 1.29 is 4.79 Å². The van der Waals surface area contributed by atoms with Gasteiger partial charge in [-0.05, 0) is 57.7 Å². The van der Waals surface area contributed by atoms with Gasteiger partial charge in [-0.1, -0.05) is 43.7 Å².